The summed E-state index contributed by atoms with van der Waals surface area (Å²) >= 11 is 6.35. The van der Waals surface area contributed by atoms with Crippen LogP contribution in [0.2, 0.25) is 5.02 Å². The van der Waals surface area contributed by atoms with Gasteiger partial charge in [0, 0.05) is 27.1 Å². The van der Waals surface area contributed by atoms with E-state index in [0.717, 1.165) is 44.4 Å². The van der Waals surface area contributed by atoms with Crippen LogP contribution in [0.1, 0.15) is 16.7 Å². The first-order valence-corrected chi connectivity index (χ1v) is 12.8. The van der Waals surface area contributed by atoms with Crippen molar-refractivity contribution in [1.29, 1.82) is 5.26 Å². The van der Waals surface area contributed by atoms with Crippen molar-refractivity contribution in [3.8, 4) is 34.5 Å². The predicted octanol–water partition coefficient (Wildman–Crippen LogP) is 4.05. The van der Waals surface area contributed by atoms with Gasteiger partial charge in [-0.25, -0.2) is 0 Å². The maximum atomic E-state index is 10.8. The third-order valence-corrected chi connectivity index (χ3v) is 7.49. The van der Waals surface area contributed by atoms with Crippen molar-refractivity contribution in [1.82, 2.24) is 4.57 Å². The number of benzene rings is 4. The Morgan fingerprint density at radius 3 is 2.54 bits per heavy atom. The van der Waals surface area contributed by atoms with Gasteiger partial charge in [0.2, 0.25) is 0 Å². The average Bonchev–Trinajstić information content (AvgIpc) is 3.64. The molecule has 7 nitrogen and oxygen atoms in total. The standard InChI is InChI=1S/C29H19B2ClN2O5/c32-20-4-9-26-19(11-20)12-27(34(26)21-5-3-18-15-37-30(35)25(18)13-21)23-8-10-28(29-24(23)16-38-31(29)36)39-22-6-1-17(14-33)2-7-22/h1-13,35-36H,15-16H2. The van der Waals surface area contributed by atoms with Crippen molar-refractivity contribution in [3.05, 3.63) is 101 Å². The minimum absolute atomic E-state index is 0.204. The van der Waals surface area contributed by atoms with Crippen molar-refractivity contribution in [2.24, 2.45) is 0 Å². The maximum Gasteiger partial charge on any atom is 0.495 e. The Morgan fingerprint density at radius 1 is 0.897 bits per heavy atom. The Kier molecular flexibility index (Phi) is 5.74. The molecule has 2 aliphatic heterocycles. The first-order valence-electron chi connectivity index (χ1n) is 12.4. The molecule has 2 N–H and O–H groups in total. The van der Waals surface area contributed by atoms with E-state index in [1.165, 1.54) is 0 Å². The van der Waals surface area contributed by atoms with Crippen LogP contribution < -0.4 is 15.7 Å². The van der Waals surface area contributed by atoms with E-state index < -0.39 is 14.2 Å². The third kappa shape index (κ3) is 4.02. The maximum absolute atomic E-state index is 10.8. The number of hydrogen-bond donors (Lipinski definition) is 2. The van der Waals surface area contributed by atoms with Gasteiger partial charge < -0.3 is 28.7 Å². The first kappa shape index (κ1) is 24.0. The Hall–Kier alpha value is -4.03. The van der Waals surface area contributed by atoms with Gasteiger partial charge in [0.15, 0.2) is 0 Å². The molecule has 3 heterocycles. The predicted molar refractivity (Wildman–Crippen MR) is 150 cm³/mol. The summed E-state index contributed by atoms with van der Waals surface area (Å²) in [6.07, 6.45) is 0. The highest BCUT2D eigenvalue weighted by molar-refractivity contribution is 6.63. The number of nitriles is 1. The monoisotopic (exact) mass is 532 g/mol. The summed E-state index contributed by atoms with van der Waals surface area (Å²) in [6, 6.07) is 26.4. The largest absolute Gasteiger partial charge is 0.495 e. The summed E-state index contributed by atoms with van der Waals surface area (Å²) in [6.45, 7) is 0.574. The van der Waals surface area contributed by atoms with E-state index in [4.69, 9.17) is 30.9 Å². The second-order valence-electron chi connectivity index (χ2n) is 9.52. The van der Waals surface area contributed by atoms with E-state index in [2.05, 4.69) is 16.7 Å². The van der Waals surface area contributed by atoms with Crippen molar-refractivity contribution in [3.63, 3.8) is 0 Å². The van der Waals surface area contributed by atoms with E-state index in [-0.39, 0.29) is 6.61 Å². The second kappa shape index (κ2) is 9.31. The van der Waals surface area contributed by atoms with Crippen LogP contribution in [-0.2, 0) is 22.5 Å². The fourth-order valence-corrected chi connectivity index (χ4v) is 5.55. The van der Waals surface area contributed by atoms with Crippen LogP contribution in [0.15, 0.2) is 78.9 Å². The molecule has 0 amide bonds. The molecule has 4 aromatic carbocycles. The van der Waals surface area contributed by atoms with Gasteiger partial charge in [-0.05, 0) is 89.4 Å². The lowest BCUT2D eigenvalue weighted by Crippen LogP contribution is -2.29. The van der Waals surface area contributed by atoms with Crippen LogP contribution in [0.25, 0.3) is 27.8 Å². The van der Waals surface area contributed by atoms with Crippen LogP contribution >= 0.6 is 11.6 Å². The average molecular weight is 533 g/mol. The molecule has 0 saturated heterocycles. The van der Waals surface area contributed by atoms with E-state index in [1.807, 2.05) is 48.5 Å². The molecular formula is C29H19B2ClN2O5. The number of hydrogen-bond acceptors (Lipinski definition) is 6. The van der Waals surface area contributed by atoms with Gasteiger partial charge in [0.05, 0.1) is 36.1 Å². The Labute approximate surface area is 229 Å². The molecule has 0 aliphatic carbocycles. The summed E-state index contributed by atoms with van der Waals surface area (Å²) in [5.41, 5.74) is 7.14. The molecular weight excluding hydrogens is 513 g/mol. The van der Waals surface area contributed by atoms with Crippen molar-refractivity contribution < 1.29 is 24.1 Å². The zero-order valence-corrected chi connectivity index (χ0v) is 21.2. The summed E-state index contributed by atoms with van der Waals surface area (Å²) < 4.78 is 19.3. The Balaban J connectivity index is 1.40. The molecule has 7 rings (SSSR count). The molecule has 5 aromatic rings. The van der Waals surface area contributed by atoms with E-state index >= 15 is 0 Å². The molecule has 188 valence electrons. The van der Waals surface area contributed by atoms with Gasteiger partial charge in [0.1, 0.15) is 11.5 Å². The Morgan fingerprint density at radius 2 is 1.72 bits per heavy atom. The smallest absolute Gasteiger partial charge is 0.458 e. The summed E-state index contributed by atoms with van der Waals surface area (Å²) in [4.78, 5) is 0. The van der Waals surface area contributed by atoms with Gasteiger partial charge in [0.25, 0.3) is 0 Å². The number of halogens is 1. The summed E-state index contributed by atoms with van der Waals surface area (Å²) in [5.74, 6) is 1.03. The topological polar surface area (TPSA) is 96.9 Å². The van der Waals surface area contributed by atoms with Crippen molar-refractivity contribution >= 4 is 47.7 Å². The molecule has 0 saturated carbocycles. The second-order valence-corrected chi connectivity index (χ2v) is 9.96. The quantitative estimate of drug-likeness (QED) is 0.339. The van der Waals surface area contributed by atoms with Crippen LogP contribution in [-0.4, -0.2) is 28.9 Å². The zero-order valence-electron chi connectivity index (χ0n) is 20.5. The van der Waals surface area contributed by atoms with Crippen LogP contribution in [0, 0.1) is 11.3 Å². The summed E-state index contributed by atoms with van der Waals surface area (Å²) in [7, 11) is -2.11. The van der Waals surface area contributed by atoms with E-state index in [0.29, 0.717) is 34.2 Å². The summed E-state index contributed by atoms with van der Waals surface area (Å²) in [5, 5.41) is 31.8. The molecule has 0 unspecified atom stereocenters. The SMILES string of the molecule is N#Cc1ccc(Oc2ccc(-c3cc4cc(Cl)ccc4n3-c3ccc4c(c3)B(O)OC4)c3c2B(O)OC3)cc1. The van der Waals surface area contributed by atoms with Crippen molar-refractivity contribution in [2.45, 2.75) is 13.2 Å². The highest BCUT2D eigenvalue weighted by Crippen LogP contribution is 2.37. The lowest BCUT2D eigenvalue weighted by molar-refractivity contribution is 0.275. The van der Waals surface area contributed by atoms with Crippen LogP contribution in [0.5, 0.6) is 11.5 Å². The van der Waals surface area contributed by atoms with E-state index in [9.17, 15) is 10.0 Å². The molecule has 0 atom stereocenters. The molecule has 10 heteroatoms. The molecule has 2 aliphatic rings. The van der Waals surface area contributed by atoms with Crippen LogP contribution in [0.3, 0.4) is 0 Å². The molecule has 0 bridgehead atoms. The first-order chi connectivity index (χ1) is 19.0. The van der Waals surface area contributed by atoms with Gasteiger partial charge >= 0.3 is 14.2 Å². The van der Waals surface area contributed by atoms with Gasteiger partial charge in [-0.2, -0.15) is 5.26 Å². The lowest BCUT2D eigenvalue weighted by Gasteiger charge is -2.17. The number of aromatic nitrogens is 1. The lowest BCUT2D eigenvalue weighted by atomic mass is 9.77. The normalized spacial score (nSPS) is 14.0. The minimum atomic E-state index is -1.15. The van der Waals surface area contributed by atoms with Gasteiger partial charge in [-0.3, -0.25) is 0 Å². The van der Waals surface area contributed by atoms with Gasteiger partial charge in [-0.1, -0.05) is 17.7 Å². The number of ether oxygens (including phenoxy) is 1. The number of nitrogens with zero attached hydrogens (tertiary/aromatic N) is 2. The fourth-order valence-electron chi connectivity index (χ4n) is 5.37. The van der Waals surface area contributed by atoms with Crippen LogP contribution in [0.4, 0.5) is 0 Å². The third-order valence-electron chi connectivity index (χ3n) is 7.25. The fraction of sp³-hybridized carbons (Fsp3) is 0.0690. The minimum Gasteiger partial charge on any atom is -0.458 e. The highest BCUT2D eigenvalue weighted by atomic mass is 35.5. The van der Waals surface area contributed by atoms with Crippen molar-refractivity contribution in [2.75, 3.05) is 0 Å². The van der Waals surface area contributed by atoms with E-state index in [1.54, 1.807) is 24.3 Å². The molecule has 0 fully saturated rings. The molecule has 39 heavy (non-hydrogen) atoms. The Bertz CT molecular complexity index is 1820. The number of fused-ring (bicyclic) bond motifs is 3. The molecule has 0 radical (unpaired) electrons. The highest BCUT2D eigenvalue weighted by Gasteiger charge is 2.35. The zero-order chi connectivity index (χ0) is 26.7. The molecule has 0 spiro atoms. The van der Waals surface area contributed by atoms with Gasteiger partial charge in [-0.15, -0.1) is 0 Å². The number of rotatable bonds is 4. The molecule has 1 aromatic heterocycles.